The van der Waals surface area contributed by atoms with Crippen LogP contribution in [0.2, 0.25) is 0 Å². The summed E-state index contributed by atoms with van der Waals surface area (Å²) < 4.78 is 86.2. The minimum Gasteiger partial charge on any atom is -0.457 e. The summed E-state index contributed by atoms with van der Waals surface area (Å²) in [4.78, 5) is 25.7. The summed E-state index contributed by atoms with van der Waals surface area (Å²) in [6.07, 6.45) is -8.65. The van der Waals surface area contributed by atoms with Gasteiger partial charge in [-0.2, -0.15) is 26.3 Å². The molecule has 0 radical (unpaired) electrons. The van der Waals surface area contributed by atoms with Gasteiger partial charge in [0.2, 0.25) is 5.91 Å². The van der Waals surface area contributed by atoms with E-state index in [-0.39, 0.29) is 63.8 Å². The van der Waals surface area contributed by atoms with Crippen LogP contribution in [-0.4, -0.2) is 36.7 Å². The highest BCUT2D eigenvalue weighted by molar-refractivity contribution is 7.99. The van der Waals surface area contributed by atoms with Gasteiger partial charge in [0, 0.05) is 42.7 Å². The van der Waals surface area contributed by atoms with Crippen LogP contribution in [-0.2, 0) is 17.1 Å². The number of carbonyl (C=O) groups is 2. The Kier molecular flexibility index (Phi) is 12.6. The Labute approximate surface area is 269 Å². The molecule has 0 spiro atoms. The van der Waals surface area contributed by atoms with Gasteiger partial charge >= 0.3 is 18.4 Å². The lowest BCUT2D eigenvalue weighted by molar-refractivity contribution is -0.138. The molecule has 0 aliphatic carbocycles. The Bertz CT molecular complexity index is 1570. The molecule has 0 unspecified atom stereocenters. The van der Waals surface area contributed by atoms with E-state index in [1.807, 2.05) is 0 Å². The number of rotatable bonds is 13. The molecule has 0 heterocycles. The molecular formula is C29H32F6N8O3S. The minimum atomic E-state index is -4.82. The molecule has 3 aromatic rings. The molecule has 0 saturated carbocycles. The molecule has 0 saturated heterocycles. The first-order valence-electron chi connectivity index (χ1n) is 13.8. The normalized spacial score (nSPS) is 11.5. The number of urea groups is 1. The molecule has 3 aromatic carbocycles. The molecule has 18 heteroatoms. The summed E-state index contributed by atoms with van der Waals surface area (Å²) in [6.45, 7) is 0.489. The summed E-state index contributed by atoms with van der Waals surface area (Å²) in [6, 6.07) is 8.75. The molecule has 11 nitrogen and oxygen atoms in total. The number of alkyl halides is 6. The van der Waals surface area contributed by atoms with E-state index in [2.05, 4.69) is 21.3 Å². The number of guanidine groups is 1. The van der Waals surface area contributed by atoms with Crippen molar-refractivity contribution in [2.75, 3.05) is 40.5 Å². The SMILES string of the molecule is N=C(N)NCCCCC(=O)Nc1cc(C(F)(F)F)cc(NC(=O)Nc2ccc(Oc3cc(N)cc(C(F)(F)F)c3)cc2)c1SCCN. The highest BCUT2D eigenvalue weighted by Gasteiger charge is 2.33. The van der Waals surface area contributed by atoms with Crippen LogP contribution < -0.4 is 43.2 Å². The van der Waals surface area contributed by atoms with Gasteiger partial charge in [-0.1, -0.05) is 0 Å². The summed E-state index contributed by atoms with van der Waals surface area (Å²) in [5, 5.41) is 17.1. The van der Waals surface area contributed by atoms with E-state index in [1.54, 1.807) is 0 Å². The first-order chi connectivity index (χ1) is 22.0. The van der Waals surface area contributed by atoms with E-state index < -0.39 is 35.4 Å². The van der Waals surface area contributed by atoms with Crippen molar-refractivity contribution in [3.05, 3.63) is 65.7 Å². The summed E-state index contributed by atoms with van der Waals surface area (Å²) in [5.74, 6) is -0.595. The van der Waals surface area contributed by atoms with Gasteiger partial charge < -0.3 is 43.2 Å². The minimum absolute atomic E-state index is 0.0269. The number of anilines is 4. The quantitative estimate of drug-likeness (QED) is 0.0253. The smallest absolute Gasteiger partial charge is 0.416 e. The van der Waals surface area contributed by atoms with Crippen molar-refractivity contribution in [1.82, 2.24) is 5.32 Å². The fraction of sp³-hybridized carbons (Fsp3) is 0.276. The van der Waals surface area contributed by atoms with Crippen LogP contribution >= 0.6 is 11.8 Å². The average Bonchev–Trinajstić information content (AvgIpc) is 2.96. The van der Waals surface area contributed by atoms with Crippen LogP contribution in [0.1, 0.15) is 30.4 Å². The monoisotopic (exact) mass is 686 g/mol. The summed E-state index contributed by atoms with van der Waals surface area (Å²) in [7, 11) is 0. The largest absolute Gasteiger partial charge is 0.457 e. The molecule has 0 fully saturated rings. The lowest BCUT2D eigenvalue weighted by Crippen LogP contribution is -2.31. The lowest BCUT2D eigenvalue weighted by Gasteiger charge is -2.19. The molecule has 3 amide bonds. The van der Waals surface area contributed by atoms with Gasteiger partial charge in [0.15, 0.2) is 5.96 Å². The predicted octanol–water partition coefficient (Wildman–Crippen LogP) is 6.39. The number of thioether (sulfide) groups is 1. The molecule has 0 atom stereocenters. The van der Waals surface area contributed by atoms with Crippen LogP contribution in [0.15, 0.2) is 59.5 Å². The fourth-order valence-electron chi connectivity index (χ4n) is 4.01. The lowest BCUT2D eigenvalue weighted by atomic mass is 10.1. The topological polar surface area (TPSA) is 193 Å². The summed E-state index contributed by atoms with van der Waals surface area (Å²) in [5.41, 5.74) is 13.9. The van der Waals surface area contributed by atoms with E-state index in [1.165, 1.54) is 30.3 Å². The van der Waals surface area contributed by atoms with Crippen molar-refractivity contribution in [1.29, 1.82) is 5.41 Å². The standard InChI is InChI=1S/C29H32F6N8O3S/c30-28(31,32)16-11-18(37)15-21(12-16)46-20-6-4-19(5-7-20)41-27(45)43-23-14-17(29(33,34)35)13-22(25(23)47-10-8-36)42-24(44)3-1-2-9-40-26(38)39/h4-7,11-15H,1-3,8-10,36-37H2,(H,42,44)(H4,38,39,40)(H2,41,43,45). The second-order valence-corrected chi connectivity index (χ2v) is 11.0. The molecule has 0 aromatic heterocycles. The van der Waals surface area contributed by atoms with Crippen LogP contribution in [0, 0.1) is 5.41 Å². The Balaban J connectivity index is 1.77. The Hall–Kier alpha value is -4.84. The first kappa shape index (κ1) is 36.6. The van der Waals surface area contributed by atoms with E-state index in [0.717, 1.165) is 36.0 Å². The number of carbonyl (C=O) groups excluding carboxylic acids is 2. The second kappa shape index (κ2) is 16.1. The zero-order chi connectivity index (χ0) is 34.8. The number of halogens is 6. The van der Waals surface area contributed by atoms with Gasteiger partial charge in [-0.25, -0.2) is 4.79 Å². The molecule has 3 rings (SSSR count). The number of benzene rings is 3. The molecule has 0 aliphatic rings. The van der Waals surface area contributed by atoms with Gasteiger partial charge in [-0.05, 0) is 61.4 Å². The van der Waals surface area contributed by atoms with Gasteiger partial charge in [-0.15, -0.1) is 11.8 Å². The van der Waals surface area contributed by atoms with Crippen molar-refractivity contribution in [2.45, 2.75) is 36.5 Å². The van der Waals surface area contributed by atoms with Crippen LogP contribution in [0.4, 0.5) is 53.9 Å². The zero-order valence-electron chi connectivity index (χ0n) is 24.6. The highest BCUT2D eigenvalue weighted by Crippen LogP contribution is 2.41. The Morgan fingerprint density at radius 1 is 0.830 bits per heavy atom. The van der Waals surface area contributed by atoms with Crippen molar-refractivity contribution in [3.63, 3.8) is 0 Å². The number of amides is 3. The maximum atomic E-state index is 13.8. The maximum absolute atomic E-state index is 13.8. The van der Waals surface area contributed by atoms with Gasteiger partial charge in [-0.3, -0.25) is 10.2 Å². The molecule has 0 aliphatic heterocycles. The number of nitrogen functional groups attached to an aromatic ring is 1. The number of nitrogens with one attached hydrogen (secondary N) is 5. The Morgan fingerprint density at radius 2 is 1.45 bits per heavy atom. The van der Waals surface area contributed by atoms with E-state index in [9.17, 15) is 35.9 Å². The number of hydrogen-bond acceptors (Lipinski definition) is 7. The number of hydrogen-bond donors (Lipinski definition) is 8. The third-order valence-electron chi connectivity index (χ3n) is 6.05. The highest BCUT2D eigenvalue weighted by atomic mass is 32.2. The maximum Gasteiger partial charge on any atom is 0.416 e. The first-order valence-corrected chi connectivity index (χ1v) is 14.8. The van der Waals surface area contributed by atoms with Crippen molar-refractivity contribution >= 4 is 52.4 Å². The second-order valence-electron chi connectivity index (χ2n) is 9.88. The Morgan fingerprint density at radius 3 is 2.04 bits per heavy atom. The van der Waals surface area contributed by atoms with Gasteiger partial charge in [0.25, 0.3) is 0 Å². The summed E-state index contributed by atoms with van der Waals surface area (Å²) >= 11 is 1.03. The van der Waals surface area contributed by atoms with Crippen molar-refractivity contribution in [3.8, 4) is 11.5 Å². The van der Waals surface area contributed by atoms with Crippen LogP contribution in [0.3, 0.4) is 0 Å². The molecular weight excluding hydrogens is 654 g/mol. The average molecular weight is 687 g/mol. The van der Waals surface area contributed by atoms with Crippen LogP contribution in [0.25, 0.3) is 0 Å². The third kappa shape index (κ3) is 11.8. The van der Waals surface area contributed by atoms with Gasteiger partial charge in [0.1, 0.15) is 11.5 Å². The molecule has 11 N–H and O–H groups in total. The van der Waals surface area contributed by atoms with Crippen molar-refractivity contribution < 1.29 is 40.7 Å². The van der Waals surface area contributed by atoms with Gasteiger partial charge in [0.05, 0.1) is 27.4 Å². The zero-order valence-corrected chi connectivity index (χ0v) is 25.4. The van der Waals surface area contributed by atoms with Crippen LogP contribution in [0.5, 0.6) is 11.5 Å². The molecule has 0 bridgehead atoms. The fourth-order valence-corrected chi connectivity index (χ4v) is 4.87. The van der Waals surface area contributed by atoms with E-state index in [0.29, 0.717) is 19.4 Å². The molecule has 254 valence electrons. The number of ether oxygens (including phenoxy) is 1. The number of unbranched alkanes of at least 4 members (excludes halogenated alkanes) is 1. The number of nitrogens with two attached hydrogens (primary N) is 3. The van der Waals surface area contributed by atoms with Crippen molar-refractivity contribution in [2.24, 2.45) is 11.5 Å². The molecule has 47 heavy (non-hydrogen) atoms. The van der Waals surface area contributed by atoms with E-state index in [4.69, 9.17) is 27.3 Å². The van der Waals surface area contributed by atoms with E-state index >= 15 is 0 Å². The third-order valence-corrected chi connectivity index (χ3v) is 7.22. The predicted molar refractivity (Wildman–Crippen MR) is 169 cm³/mol.